The van der Waals surface area contributed by atoms with Gasteiger partial charge < -0.3 is 14.5 Å². The zero-order chi connectivity index (χ0) is 14.5. The molecule has 1 aromatic heterocycles. The molecule has 0 bridgehead atoms. The third-order valence-electron chi connectivity index (χ3n) is 2.56. The summed E-state index contributed by atoms with van der Waals surface area (Å²) >= 11 is 6.48. The number of thiazole rings is 1. The normalized spacial score (nSPS) is 10.3. The van der Waals surface area contributed by atoms with E-state index in [-0.39, 0.29) is 5.97 Å². The van der Waals surface area contributed by atoms with Crippen LogP contribution in [0.3, 0.4) is 0 Å². The molecule has 1 N–H and O–H groups in total. The summed E-state index contributed by atoms with van der Waals surface area (Å²) < 4.78 is 11.0. The summed E-state index contributed by atoms with van der Waals surface area (Å²) in [5.41, 5.74) is 1.32. The topological polar surface area (TPSA) is 51.3 Å². The van der Waals surface area contributed by atoms with E-state index in [0.717, 1.165) is 16.2 Å². The standard InChI is InChI=1S/C14H15NO3S2/c1-3-17-10-7-5-9(6-8-10)12-11(13(16)18-4-2)15-14(19)20-12/h5-8H,3-4H2,1-2H3,(H,15,19). The molecule has 2 aromatic rings. The van der Waals surface area contributed by atoms with Gasteiger partial charge in [-0.25, -0.2) is 4.79 Å². The van der Waals surface area contributed by atoms with Crippen molar-refractivity contribution < 1.29 is 14.3 Å². The monoisotopic (exact) mass is 309 g/mol. The highest BCUT2D eigenvalue weighted by atomic mass is 32.1. The molecule has 0 fully saturated rings. The van der Waals surface area contributed by atoms with Crippen molar-refractivity contribution in [3.63, 3.8) is 0 Å². The molecule has 0 unspecified atom stereocenters. The lowest BCUT2D eigenvalue weighted by molar-refractivity contribution is 0.0521. The quantitative estimate of drug-likeness (QED) is 0.669. The van der Waals surface area contributed by atoms with Crippen LogP contribution in [0.4, 0.5) is 0 Å². The van der Waals surface area contributed by atoms with E-state index >= 15 is 0 Å². The largest absolute Gasteiger partial charge is 0.494 e. The van der Waals surface area contributed by atoms with Gasteiger partial charge in [0, 0.05) is 0 Å². The number of rotatable bonds is 5. The van der Waals surface area contributed by atoms with E-state index in [1.54, 1.807) is 6.92 Å². The molecule has 0 saturated heterocycles. The van der Waals surface area contributed by atoms with Crippen LogP contribution in [0.15, 0.2) is 24.3 Å². The van der Waals surface area contributed by atoms with Gasteiger partial charge in [0.2, 0.25) is 0 Å². The summed E-state index contributed by atoms with van der Waals surface area (Å²) in [6.45, 7) is 4.66. The van der Waals surface area contributed by atoms with Crippen molar-refractivity contribution in [2.24, 2.45) is 0 Å². The minimum atomic E-state index is -0.385. The minimum Gasteiger partial charge on any atom is -0.494 e. The molecule has 4 nitrogen and oxygen atoms in total. The molecule has 0 spiro atoms. The van der Waals surface area contributed by atoms with Crippen LogP contribution in [0.2, 0.25) is 0 Å². The second-order valence-electron chi connectivity index (χ2n) is 3.90. The fourth-order valence-corrected chi connectivity index (χ4v) is 2.93. The summed E-state index contributed by atoms with van der Waals surface area (Å²) in [5.74, 6) is 0.414. The molecule has 1 heterocycles. The van der Waals surface area contributed by atoms with Crippen LogP contribution in [0, 0.1) is 3.95 Å². The summed E-state index contributed by atoms with van der Waals surface area (Å²) in [7, 11) is 0. The lowest BCUT2D eigenvalue weighted by atomic mass is 10.1. The number of hydrogen-bond acceptors (Lipinski definition) is 5. The number of ether oxygens (including phenoxy) is 2. The Hall–Kier alpha value is -1.66. The van der Waals surface area contributed by atoms with Gasteiger partial charge in [-0.05, 0) is 55.9 Å². The van der Waals surface area contributed by atoms with Crippen LogP contribution in [0.25, 0.3) is 10.4 Å². The van der Waals surface area contributed by atoms with E-state index in [4.69, 9.17) is 21.7 Å². The van der Waals surface area contributed by atoms with E-state index in [2.05, 4.69) is 4.98 Å². The number of aromatic amines is 1. The van der Waals surface area contributed by atoms with E-state index in [9.17, 15) is 4.79 Å². The summed E-state index contributed by atoms with van der Waals surface area (Å²) in [6, 6.07) is 7.55. The fraction of sp³-hybridized carbons (Fsp3) is 0.286. The highest BCUT2D eigenvalue weighted by molar-refractivity contribution is 7.73. The summed E-state index contributed by atoms with van der Waals surface area (Å²) in [6.07, 6.45) is 0. The minimum absolute atomic E-state index is 0.331. The van der Waals surface area contributed by atoms with Gasteiger partial charge in [-0.15, -0.1) is 11.3 Å². The van der Waals surface area contributed by atoms with Crippen LogP contribution < -0.4 is 4.74 Å². The van der Waals surface area contributed by atoms with Crippen molar-refractivity contribution in [3.8, 4) is 16.2 Å². The molecule has 0 saturated carbocycles. The Morgan fingerprint density at radius 3 is 2.55 bits per heavy atom. The first kappa shape index (κ1) is 14.7. The Balaban J connectivity index is 2.36. The molecule has 1 aromatic carbocycles. The third kappa shape index (κ3) is 3.26. The maximum Gasteiger partial charge on any atom is 0.356 e. The first-order valence-electron chi connectivity index (χ1n) is 6.29. The van der Waals surface area contributed by atoms with E-state index in [0.29, 0.717) is 22.9 Å². The average Bonchev–Trinajstić information content (AvgIpc) is 2.82. The van der Waals surface area contributed by atoms with Crippen LogP contribution in [0.1, 0.15) is 24.3 Å². The van der Waals surface area contributed by atoms with Crippen molar-refractivity contribution in [1.29, 1.82) is 0 Å². The smallest absolute Gasteiger partial charge is 0.356 e. The van der Waals surface area contributed by atoms with Crippen molar-refractivity contribution >= 4 is 29.5 Å². The molecular formula is C14H15NO3S2. The summed E-state index contributed by atoms with van der Waals surface area (Å²) in [4.78, 5) is 15.6. The van der Waals surface area contributed by atoms with Crippen LogP contribution in [-0.4, -0.2) is 24.2 Å². The number of carbonyl (C=O) groups excluding carboxylic acids is 1. The van der Waals surface area contributed by atoms with E-state index in [1.165, 1.54) is 11.3 Å². The van der Waals surface area contributed by atoms with Gasteiger partial charge in [-0.1, -0.05) is 0 Å². The lowest BCUT2D eigenvalue weighted by Gasteiger charge is -2.05. The zero-order valence-corrected chi connectivity index (χ0v) is 12.9. The Morgan fingerprint density at radius 1 is 1.25 bits per heavy atom. The van der Waals surface area contributed by atoms with Crippen LogP contribution in [-0.2, 0) is 4.74 Å². The zero-order valence-electron chi connectivity index (χ0n) is 11.3. The first-order chi connectivity index (χ1) is 9.65. The number of nitrogens with one attached hydrogen (secondary N) is 1. The Labute approximate surface area is 126 Å². The SMILES string of the molecule is CCOC(=O)c1[nH]c(=S)sc1-c1ccc(OCC)cc1. The van der Waals surface area contributed by atoms with Gasteiger partial charge >= 0.3 is 5.97 Å². The molecule has 0 radical (unpaired) electrons. The van der Waals surface area contributed by atoms with Gasteiger partial charge in [0.1, 0.15) is 11.4 Å². The predicted molar refractivity (Wildman–Crippen MR) is 82.1 cm³/mol. The highest BCUT2D eigenvalue weighted by Crippen LogP contribution is 2.30. The second kappa shape index (κ2) is 6.67. The van der Waals surface area contributed by atoms with Gasteiger partial charge in [0.05, 0.1) is 18.1 Å². The average molecular weight is 309 g/mol. The molecular weight excluding hydrogens is 294 g/mol. The van der Waals surface area contributed by atoms with Crippen molar-refractivity contribution in [2.45, 2.75) is 13.8 Å². The maximum atomic E-state index is 11.9. The number of esters is 1. The molecule has 0 amide bonds. The molecule has 20 heavy (non-hydrogen) atoms. The number of aromatic nitrogens is 1. The maximum absolute atomic E-state index is 11.9. The Kier molecular flexibility index (Phi) is 4.92. The van der Waals surface area contributed by atoms with E-state index in [1.807, 2.05) is 31.2 Å². The molecule has 0 aliphatic heterocycles. The third-order valence-corrected chi connectivity index (χ3v) is 3.84. The van der Waals surface area contributed by atoms with Gasteiger partial charge in [-0.2, -0.15) is 0 Å². The molecule has 0 atom stereocenters. The van der Waals surface area contributed by atoms with E-state index < -0.39 is 0 Å². The number of hydrogen-bond donors (Lipinski definition) is 1. The first-order valence-corrected chi connectivity index (χ1v) is 7.51. The van der Waals surface area contributed by atoms with Gasteiger partial charge in [0.15, 0.2) is 3.95 Å². The number of H-pyrrole nitrogens is 1. The van der Waals surface area contributed by atoms with Gasteiger partial charge in [-0.3, -0.25) is 0 Å². The fourth-order valence-electron chi connectivity index (χ4n) is 1.75. The predicted octanol–water partition coefficient (Wildman–Crippen LogP) is 4.05. The molecule has 6 heteroatoms. The molecule has 2 rings (SSSR count). The second-order valence-corrected chi connectivity index (χ2v) is 5.58. The van der Waals surface area contributed by atoms with Crippen LogP contribution in [0.5, 0.6) is 5.75 Å². The number of carbonyl (C=O) groups is 1. The molecule has 0 aliphatic rings. The van der Waals surface area contributed by atoms with Crippen molar-refractivity contribution in [3.05, 3.63) is 33.9 Å². The summed E-state index contributed by atoms with van der Waals surface area (Å²) in [5, 5.41) is 0. The Bertz CT molecular complexity index is 643. The van der Waals surface area contributed by atoms with Crippen molar-refractivity contribution in [2.75, 3.05) is 13.2 Å². The van der Waals surface area contributed by atoms with Gasteiger partial charge in [0.25, 0.3) is 0 Å². The van der Waals surface area contributed by atoms with Crippen molar-refractivity contribution in [1.82, 2.24) is 4.98 Å². The highest BCUT2D eigenvalue weighted by Gasteiger charge is 2.17. The molecule has 0 aliphatic carbocycles. The van der Waals surface area contributed by atoms with Crippen LogP contribution >= 0.6 is 23.6 Å². The Morgan fingerprint density at radius 2 is 1.95 bits per heavy atom. The molecule has 106 valence electrons. The number of benzene rings is 1. The lowest BCUT2D eigenvalue weighted by Crippen LogP contribution is -2.06.